The van der Waals surface area contributed by atoms with Crippen LogP contribution in [0, 0.1) is 0 Å². The number of anilines is 2. The molecule has 0 aliphatic heterocycles. The van der Waals surface area contributed by atoms with Crippen LogP contribution >= 0.6 is 0 Å². The summed E-state index contributed by atoms with van der Waals surface area (Å²) in [6, 6.07) is 0.241. The van der Waals surface area contributed by atoms with E-state index in [9.17, 15) is 4.21 Å². The highest BCUT2D eigenvalue weighted by atomic mass is 32.2. The van der Waals surface area contributed by atoms with Gasteiger partial charge in [0.1, 0.15) is 11.6 Å². The zero-order valence-corrected chi connectivity index (χ0v) is 11.4. The first-order chi connectivity index (χ1) is 8.11. The van der Waals surface area contributed by atoms with E-state index < -0.39 is 10.8 Å². The van der Waals surface area contributed by atoms with Gasteiger partial charge in [0, 0.05) is 35.4 Å². The summed E-state index contributed by atoms with van der Waals surface area (Å²) in [7, 11) is -0.740. The Labute approximate surface area is 105 Å². The minimum atomic E-state index is -0.740. The maximum absolute atomic E-state index is 11.0. The van der Waals surface area contributed by atoms with Crippen LogP contribution in [0.5, 0.6) is 0 Å². The summed E-state index contributed by atoms with van der Waals surface area (Å²) >= 11 is 0. The van der Waals surface area contributed by atoms with Crippen LogP contribution in [-0.2, 0) is 10.8 Å². The Morgan fingerprint density at radius 3 is 2.76 bits per heavy atom. The van der Waals surface area contributed by atoms with E-state index in [0.717, 1.165) is 24.6 Å². The SMILES string of the molecule is CCNc1cncc(NC(C)CCS(C)=O)n1. The smallest absolute Gasteiger partial charge is 0.147 e. The van der Waals surface area contributed by atoms with E-state index >= 15 is 0 Å². The lowest BCUT2D eigenvalue weighted by Crippen LogP contribution is -2.19. The molecule has 6 heteroatoms. The normalized spacial score (nSPS) is 14.1. The average Bonchev–Trinajstić information content (AvgIpc) is 2.27. The van der Waals surface area contributed by atoms with Crippen molar-refractivity contribution in [3.8, 4) is 0 Å². The van der Waals surface area contributed by atoms with E-state index in [4.69, 9.17) is 0 Å². The highest BCUT2D eigenvalue weighted by Gasteiger charge is 2.05. The first kappa shape index (κ1) is 13.9. The van der Waals surface area contributed by atoms with Gasteiger partial charge in [-0.1, -0.05) is 0 Å². The molecule has 1 heterocycles. The van der Waals surface area contributed by atoms with Crippen molar-refractivity contribution in [3.05, 3.63) is 12.4 Å². The summed E-state index contributed by atoms with van der Waals surface area (Å²) < 4.78 is 11.0. The lowest BCUT2D eigenvalue weighted by Gasteiger charge is -2.14. The largest absolute Gasteiger partial charge is 0.369 e. The summed E-state index contributed by atoms with van der Waals surface area (Å²) in [6.07, 6.45) is 5.97. The van der Waals surface area contributed by atoms with Crippen molar-refractivity contribution in [3.63, 3.8) is 0 Å². The zero-order chi connectivity index (χ0) is 12.7. The van der Waals surface area contributed by atoms with Gasteiger partial charge in [0.25, 0.3) is 0 Å². The minimum absolute atomic E-state index is 0.241. The molecule has 0 spiro atoms. The maximum Gasteiger partial charge on any atom is 0.147 e. The Morgan fingerprint density at radius 2 is 2.12 bits per heavy atom. The van der Waals surface area contributed by atoms with Gasteiger partial charge >= 0.3 is 0 Å². The highest BCUT2D eigenvalue weighted by molar-refractivity contribution is 7.84. The van der Waals surface area contributed by atoms with Crippen molar-refractivity contribution in [2.75, 3.05) is 29.2 Å². The summed E-state index contributed by atoms with van der Waals surface area (Å²) in [5.74, 6) is 2.22. The van der Waals surface area contributed by atoms with Crippen LogP contribution in [0.3, 0.4) is 0 Å². The molecule has 17 heavy (non-hydrogen) atoms. The lowest BCUT2D eigenvalue weighted by atomic mass is 10.2. The van der Waals surface area contributed by atoms with Gasteiger partial charge < -0.3 is 10.6 Å². The third-order valence-electron chi connectivity index (χ3n) is 2.23. The average molecular weight is 256 g/mol. The van der Waals surface area contributed by atoms with Crippen molar-refractivity contribution in [1.29, 1.82) is 0 Å². The number of nitrogens with zero attached hydrogens (tertiary/aromatic N) is 2. The van der Waals surface area contributed by atoms with Crippen LogP contribution in [0.25, 0.3) is 0 Å². The quantitative estimate of drug-likeness (QED) is 0.773. The molecule has 0 amide bonds. The molecule has 96 valence electrons. The second-order valence-electron chi connectivity index (χ2n) is 3.93. The summed E-state index contributed by atoms with van der Waals surface area (Å²) in [6.45, 7) is 4.89. The third kappa shape index (κ3) is 5.63. The predicted molar refractivity (Wildman–Crippen MR) is 72.8 cm³/mol. The van der Waals surface area contributed by atoms with Gasteiger partial charge in [-0.25, -0.2) is 4.98 Å². The Morgan fingerprint density at radius 1 is 1.41 bits per heavy atom. The molecule has 1 aromatic rings. The number of hydrogen-bond donors (Lipinski definition) is 2. The summed E-state index contributed by atoms with van der Waals surface area (Å²) in [5, 5.41) is 6.36. The van der Waals surface area contributed by atoms with E-state index in [1.54, 1.807) is 18.6 Å². The Bertz CT molecular complexity index is 372. The second-order valence-corrected chi connectivity index (χ2v) is 5.49. The molecule has 0 bridgehead atoms. The van der Waals surface area contributed by atoms with Crippen LogP contribution in [-0.4, -0.2) is 38.8 Å². The van der Waals surface area contributed by atoms with E-state index in [1.165, 1.54) is 0 Å². The summed E-state index contributed by atoms with van der Waals surface area (Å²) in [5.41, 5.74) is 0. The van der Waals surface area contributed by atoms with Crippen molar-refractivity contribution in [2.45, 2.75) is 26.3 Å². The third-order valence-corrected chi connectivity index (χ3v) is 3.04. The second kappa shape index (κ2) is 7.21. The van der Waals surface area contributed by atoms with Gasteiger partial charge in [-0.3, -0.25) is 9.19 Å². The first-order valence-electron chi connectivity index (χ1n) is 5.74. The molecule has 1 aromatic heterocycles. The Balaban J connectivity index is 2.49. The Kier molecular flexibility index (Phi) is 5.90. The lowest BCUT2D eigenvalue weighted by molar-refractivity contribution is 0.678. The van der Waals surface area contributed by atoms with Crippen molar-refractivity contribution in [2.24, 2.45) is 0 Å². The molecular formula is C11H20N4OS. The number of hydrogen-bond acceptors (Lipinski definition) is 5. The number of aromatic nitrogens is 2. The van der Waals surface area contributed by atoms with Gasteiger partial charge in [0.2, 0.25) is 0 Å². The van der Waals surface area contributed by atoms with Gasteiger partial charge in [0.05, 0.1) is 12.4 Å². The molecule has 0 aliphatic rings. The van der Waals surface area contributed by atoms with Crippen LogP contribution in [0.2, 0.25) is 0 Å². The predicted octanol–water partition coefficient (Wildman–Crippen LogP) is 1.48. The zero-order valence-electron chi connectivity index (χ0n) is 10.6. The topological polar surface area (TPSA) is 66.9 Å². The van der Waals surface area contributed by atoms with Crippen molar-refractivity contribution in [1.82, 2.24) is 9.97 Å². The molecule has 0 saturated heterocycles. The van der Waals surface area contributed by atoms with Gasteiger partial charge in [-0.2, -0.15) is 0 Å². The number of rotatable bonds is 7. The summed E-state index contributed by atoms with van der Waals surface area (Å²) in [4.78, 5) is 8.47. The van der Waals surface area contributed by atoms with Gasteiger partial charge in [0.15, 0.2) is 0 Å². The van der Waals surface area contributed by atoms with Crippen molar-refractivity contribution >= 4 is 22.4 Å². The highest BCUT2D eigenvalue weighted by Crippen LogP contribution is 2.09. The molecule has 0 radical (unpaired) electrons. The fourth-order valence-corrected chi connectivity index (χ4v) is 2.05. The monoisotopic (exact) mass is 256 g/mol. The number of nitrogens with one attached hydrogen (secondary N) is 2. The van der Waals surface area contributed by atoms with Crippen LogP contribution in [0.1, 0.15) is 20.3 Å². The van der Waals surface area contributed by atoms with E-state index in [-0.39, 0.29) is 6.04 Å². The molecule has 0 saturated carbocycles. The molecular weight excluding hydrogens is 236 g/mol. The fourth-order valence-electron chi connectivity index (χ4n) is 1.37. The van der Waals surface area contributed by atoms with E-state index in [0.29, 0.717) is 5.75 Å². The molecule has 5 nitrogen and oxygen atoms in total. The van der Waals surface area contributed by atoms with Crippen LogP contribution < -0.4 is 10.6 Å². The molecule has 2 atom stereocenters. The maximum atomic E-state index is 11.0. The molecule has 1 rings (SSSR count). The minimum Gasteiger partial charge on any atom is -0.369 e. The molecule has 2 N–H and O–H groups in total. The molecule has 2 unspecified atom stereocenters. The van der Waals surface area contributed by atoms with Crippen LogP contribution in [0.4, 0.5) is 11.6 Å². The Hall–Kier alpha value is -1.17. The molecule has 0 aliphatic carbocycles. The van der Waals surface area contributed by atoms with Gasteiger partial charge in [-0.15, -0.1) is 0 Å². The van der Waals surface area contributed by atoms with Gasteiger partial charge in [-0.05, 0) is 20.3 Å². The molecule has 0 fully saturated rings. The molecule has 0 aromatic carbocycles. The van der Waals surface area contributed by atoms with E-state index in [2.05, 4.69) is 27.5 Å². The first-order valence-corrected chi connectivity index (χ1v) is 7.47. The van der Waals surface area contributed by atoms with E-state index in [1.807, 2.05) is 6.92 Å². The van der Waals surface area contributed by atoms with Crippen LogP contribution in [0.15, 0.2) is 12.4 Å². The fraction of sp³-hybridized carbons (Fsp3) is 0.636. The van der Waals surface area contributed by atoms with Crippen molar-refractivity contribution < 1.29 is 4.21 Å². The standard InChI is InChI=1S/C11H20N4OS/c1-4-13-10-7-12-8-11(15-10)14-9(2)5-6-17(3)16/h7-9H,4-6H2,1-3H3,(H2,13,14,15).